The summed E-state index contributed by atoms with van der Waals surface area (Å²) in [4.78, 5) is 35.9. The Morgan fingerprint density at radius 1 is 1.12 bits per heavy atom. The maximum absolute atomic E-state index is 12.5. The van der Waals surface area contributed by atoms with Crippen molar-refractivity contribution >= 4 is 35.2 Å². The zero-order valence-corrected chi connectivity index (χ0v) is 19.2. The Morgan fingerprint density at radius 3 is 2.50 bits per heavy atom. The fourth-order valence-electron chi connectivity index (χ4n) is 2.99. The normalized spacial score (nSPS) is 11.5. The Morgan fingerprint density at radius 2 is 1.85 bits per heavy atom. The maximum atomic E-state index is 12.5. The number of carboxylic acids is 1. The summed E-state index contributed by atoms with van der Waals surface area (Å²) in [7, 11) is 3.19. The second-order valence-electron chi connectivity index (χ2n) is 7.06. The summed E-state index contributed by atoms with van der Waals surface area (Å²) in [6.45, 7) is -0.404. The molecule has 34 heavy (non-hydrogen) atoms. The fourth-order valence-corrected chi connectivity index (χ4v) is 3.71. The monoisotopic (exact) mass is 485 g/mol. The molecule has 4 N–H and O–H groups in total. The van der Waals surface area contributed by atoms with Gasteiger partial charge >= 0.3 is 5.97 Å². The third-order valence-electron chi connectivity index (χ3n) is 4.75. The van der Waals surface area contributed by atoms with Crippen molar-refractivity contribution in [2.45, 2.75) is 11.2 Å². The zero-order valence-electron chi connectivity index (χ0n) is 18.4. The summed E-state index contributed by atoms with van der Waals surface area (Å²) in [5.41, 5.74) is 0.820. The SMILES string of the molecule is COc1ccc(C(=O)N[C@@H](CO)c2nnc(SCC(=O)Nc3cccc(C(=O)O)c3)n2C)cc1. The first-order valence-electron chi connectivity index (χ1n) is 10.0. The molecule has 0 saturated carbocycles. The summed E-state index contributed by atoms with van der Waals surface area (Å²) in [5, 5.41) is 32.7. The summed E-state index contributed by atoms with van der Waals surface area (Å²) in [5.74, 6) is -0.920. The standard InChI is InChI=1S/C22H23N5O6S/c1-27-19(17(11-28)24-20(30)13-6-8-16(33-2)9-7-13)25-26-22(27)34-12-18(29)23-15-5-3-4-14(10-15)21(31)32/h3-10,17,28H,11-12H2,1-2H3,(H,23,29)(H,24,30)(H,31,32)/t17-/m0/s1. The number of benzene rings is 2. The molecule has 178 valence electrons. The third kappa shape index (κ3) is 6.11. The summed E-state index contributed by atoms with van der Waals surface area (Å²) in [6.07, 6.45) is 0. The highest BCUT2D eigenvalue weighted by Crippen LogP contribution is 2.20. The molecular weight excluding hydrogens is 462 g/mol. The molecule has 0 unspecified atom stereocenters. The van der Waals surface area contributed by atoms with Crippen LogP contribution < -0.4 is 15.4 Å². The number of carbonyl (C=O) groups excluding carboxylic acids is 2. The largest absolute Gasteiger partial charge is 0.497 e. The first kappa shape index (κ1) is 24.7. The lowest BCUT2D eigenvalue weighted by molar-refractivity contribution is -0.113. The predicted molar refractivity (Wildman–Crippen MR) is 124 cm³/mol. The summed E-state index contributed by atoms with van der Waals surface area (Å²) >= 11 is 1.11. The molecular formula is C22H23N5O6S. The van der Waals surface area contributed by atoms with Crippen molar-refractivity contribution in [2.24, 2.45) is 7.05 Å². The maximum Gasteiger partial charge on any atom is 0.335 e. The van der Waals surface area contributed by atoms with E-state index in [-0.39, 0.29) is 17.2 Å². The van der Waals surface area contributed by atoms with E-state index in [0.29, 0.717) is 28.0 Å². The number of aromatic nitrogens is 3. The number of thioether (sulfide) groups is 1. The van der Waals surface area contributed by atoms with E-state index in [9.17, 15) is 19.5 Å². The van der Waals surface area contributed by atoms with Gasteiger partial charge in [-0.15, -0.1) is 10.2 Å². The fraction of sp³-hybridized carbons (Fsp3) is 0.227. The topological polar surface area (TPSA) is 156 Å². The number of methoxy groups -OCH3 is 1. The van der Waals surface area contributed by atoms with Crippen LogP contribution in [0.15, 0.2) is 53.7 Å². The van der Waals surface area contributed by atoms with Gasteiger partial charge in [-0.05, 0) is 42.5 Å². The van der Waals surface area contributed by atoms with Gasteiger partial charge in [-0.25, -0.2) is 4.79 Å². The van der Waals surface area contributed by atoms with Crippen molar-refractivity contribution in [1.82, 2.24) is 20.1 Å². The zero-order chi connectivity index (χ0) is 24.7. The average Bonchev–Trinajstić information content (AvgIpc) is 3.21. The molecule has 0 saturated heterocycles. The van der Waals surface area contributed by atoms with Gasteiger partial charge in [0.2, 0.25) is 5.91 Å². The Bertz CT molecular complexity index is 1180. The van der Waals surface area contributed by atoms with Gasteiger partial charge in [-0.3, -0.25) is 9.59 Å². The molecule has 3 rings (SSSR count). The number of hydrogen-bond donors (Lipinski definition) is 4. The number of aromatic carboxylic acids is 1. The number of ether oxygens (including phenoxy) is 1. The van der Waals surface area contributed by atoms with Gasteiger partial charge in [-0.2, -0.15) is 0 Å². The van der Waals surface area contributed by atoms with Gasteiger partial charge in [0.15, 0.2) is 11.0 Å². The Kier molecular flexibility index (Phi) is 8.22. The van der Waals surface area contributed by atoms with Crippen LogP contribution in [0.2, 0.25) is 0 Å². The van der Waals surface area contributed by atoms with Gasteiger partial charge in [-0.1, -0.05) is 17.8 Å². The first-order chi connectivity index (χ1) is 16.3. The molecule has 0 aliphatic heterocycles. The average molecular weight is 486 g/mol. The first-order valence-corrected chi connectivity index (χ1v) is 11.0. The van der Waals surface area contributed by atoms with E-state index in [4.69, 9.17) is 9.84 Å². The highest BCUT2D eigenvalue weighted by atomic mass is 32.2. The van der Waals surface area contributed by atoms with Crippen LogP contribution in [0.5, 0.6) is 5.75 Å². The minimum Gasteiger partial charge on any atom is -0.497 e. The number of aliphatic hydroxyl groups excluding tert-OH is 1. The van der Waals surface area contributed by atoms with Crippen LogP contribution >= 0.6 is 11.8 Å². The molecule has 11 nitrogen and oxygen atoms in total. The molecule has 3 aromatic rings. The molecule has 1 atom stereocenters. The highest BCUT2D eigenvalue weighted by molar-refractivity contribution is 7.99. The van der Waals surface area contributed by atoms with E-state index < -0.39 is 24.5 Å². The second kappa shape index (κ2) is 11.3. The van der Waals surface area contributed by atoms with Crippen LogP contribution in [0.4, 0.5) is 5.69 Å². The Hall–Kier alpha value is -3.90. The Balaban J connectivity index is 1.61. The Labute approximate surface area is 199 Å². The summed E-state index contributed by atoms with van der Waals surface area (Å²) in [6, 6.07) is 11.6. The van der Waals surface area contributed by atoms with Crippen LogP contribution in [-0.4, -0.2) is 62.2 Å². The molecule has 0 bridgehead atoms. The molecule has 0 aliphatic rings. The van der Waals surface area contributed by atoms with Gasteiger partial charge in [0.05, 0.1) is 25.0 Å². The molecule has 12 heteroatoms. The van der Waals surface area contributed by atoms with Gasteiger partial charge in [0, 0.05) is 18.3 Å². The van der Waals surface area contributed by atoms with Gasteiger partial charge in [0.25, 0.3) is 5.91 Å². The lowest BCUT2D eigenvalue weighted by atomic mass is 10.2. The van der Waals surface area contributed by atoms with Crippen LogP contribution in [0, 0.1) is 0 Å². The molecule has 2 aromatic carbocycles. The van der Waals surface area contributed by atoms with Crippen molar-refractivity contribution in [1.29, 1.82) is 0 Å². The van der Waals surface area contributed by atoms with Gasteiger partial charge < -0.3 is 30.2 Å². The van der Waals surface area contributed by atoms with Crippen molar-refractivity contribution < 1.29 is 29.3 Å². The molecule has 0 aliphatic carbocycles. The minimum atomic E-state index is -1.09. The van der Waals surface area contributed by atoms with Crippen molar-refractivity contribution in [3.63, 3.8) is 0 Å². The third-order valence-corrected chi connectivity index (χ3v) is 5.77. The molecule has 2 amide bonds. The van der Waals surface area contributed by atoms with Gasteiger partial charge in [0.1, 0.15) is 11.8 Å². The summed E-state index contributed by atoms with van der Waals surface area (Å²) < 4.78 is 6.66. The molecule has 0 fully saturated rings. The van der Waals surface area contributed by atoms with E-state index in [1.165, 1.54) is 25.3 Å². The smallest absolute Gasteiger partial charge is 0.335 e. The lowest BCUT2D eigenvalue weighted by Crippen LogP contribution is -2.32. The van der Waals surface area contributed by atoms with E-state index in [1.807, 2.05) is 0 Å². The highest BCUT2D eigenvalue weighted by Gasteiger charge is 2.22. The number of nitrogens with zero attached hydrogens (tertiary/aromatic N) is 3. The lowest BCUT2D eigenvalue weighted by Gasteiger charge is -2.16. The van der Waals surface area contributed by atoms with Crippen molar-refractivity contribution in [3.05, 3.63) is 65.5 Å². The molecule has 0 spiro atoms. The minimum absolute atomic E-state index is 0.00866. The van der Waals surface area contributed by atoms with Crippen LogP contribution in [-0.2, 0) is 11.8 Å². The van der Waals surface area contributed by atoms with E-state index in [1.54, 1.807) is 41.9 Å². The number of carboxylic acid groups (broad SMARTS) is 1. The number of aliphatic hydroxyl groups is 1. The van der Waals surface area contributed by atoms with Crippen LogP contribution in [0.3, 0.4) is 0 Å². The van der Waals surface area contributed by atoms with E-state index in [0.717, 1.165) is 11.8 Å². The van der Waals surface area contributed by atoms with E-state index >= 15 is 0 Å². The number of amides is 2. The van der Waals surface area contributed by atoms with Crippen molar-refractivity contribution in [3.8, 4) is 5.75 Å². The number of rotatable bonds is 10. The number of hydrogen-bond acceptors (Lipinski definition) is 8. The number of carbonyl (C=O) groups is 3. The predicted octanol–water partition coefficient (Wildman–Crippen LogP) is 1.72. The van der Waals surface area contributed by atoms with Crippen molar-refractivity contribution in [2.75, 3.05) is 24.8 Å². The molecule has 0 radical (unpaired) electrons. The second-order valence-corrected chi connectivity index (χ2v) is 8.00. The number of nitrogens with one attached hydrogen (secondary N) is 2. The van der Waals surface area contributed by atoms with Crippen LogP contribution in [0.25, 0.3) is 0 Å². The molecule has 1 heterocycles. The quantitative estimate of drug-likeness (QED) is 0.314. The molecule has 1 aromatic heterocycles. The number of anilines is 1. The van der Waals surface area contributed by atoms with E-state index in [2.05, 4.69) is 20.8 Å². The van der Waals surface area contributed by atoms with Crippen LogP contribution in [0.1, 0.15) is 32.6 Å².